The van der Waals surface area contributed by atoms with Crippen molar-refractivity contribution in [3.63, 3.8) is 0 Å². The Hall–Kier alpha value is -3.34. The highest BCUT2D eigenvalue weighted by Crippen LogP contribution is 2.26. The van der Waals surface area contributed by atoms with Crippen LogP contribution in [-0.4, -0.2) is 49.4 Å². The minimum absolute atomic E-state index is 0.428. The zero-order valence-corrected chi connectivity index (χ0v) is 15.7. The van der Waals surface area contributed by atoms with Crippen LogP contribution in [0.25, 0.3) is 22.4 Å². The lowest BCUT2D eigenvalue weighted by molar-refractivity contribution is 0.186. The molecule has 29 heavy (non-hydrogen) atoms. The third-order valence-corrected chi connectivity index (χ3v) is 4.49. The number of para-hydroxylation sites is 1. The Morgan fingerprint density at radius 2 is 1.93 bits per heavy atom. The van der Waals surface area contributed by atoms with E-state index in [2.05, 4.69) is 30.5 Å². The molecular weight excluding hydrogens is 371 g/mol. The van der Waals surface area contributed by atoms with Crippen molar-refractivity contribution in [3.8, 4) is 11.5 Å². The van der Waals surface area contributed by atoms with Crippen molar-refractivity contribution in [3.05, 3.63) is 59.9 Å². The summed E-state index contributed by atoms with van der Waals surface area (Å²) < 4.78 is 5.23. The van der Waals surface area contributed by atoms with Crippen LogP contribution in [-0.2, 0) is 17.9 Å². The van der Waals surface area contributed by atoms with Crippen LogP contribution in [0.4, 0.5) is 5.95 Å². The van der Waals surface area contributed by atoms with E-state index in [4.69, 9.17) is 14.8 Å². The molecule has 0 fully saturated rings. The summed E-state index contributed by atoms with van der Waals surface area (Å²) in [5.41, 5.74) is 3.91. The van der Waals surface area contributed by atoms with E-state index in [0.29, 0.717) is 36.1 Å². The van der Waals surface area contributed by atoms with E-state index in [9.17, 15) is 0 Å². The molecule has 0 radical (unpaired) electrons. The number of anilines is 1. The zero-order chi connectivity index (χ0) is 20.2. The van der Waals surface area contributed by atoms with E-state index in [1.54, 1.807) is 19.2 Å². The average Bonchev–Trinajstić information content (AvgIpc) is 3.18. The Kier molecular flexibility index (Phi) is 5.47. The summed E-state index contributed by atoms with van der Waals surface area (Å²) in [6.07, 6.45) is 1.45. The second kappa shape index (κ2) is 8.35. The Labute approximate surface area is 167 Å². The first-order valence-electron chi connectivity index (χ1n) is 8.99. The number of aromatic amines is 1. The molecule has 0 aliphatic heterocycles. The van der Waals surface area contributed by atoms with Crippen molar-refractivity contribution in [2.75, 3.05) is 12.4 Å². The molecule has 9 nitrogen and oxygen atoms in total. The number of benzene rings is 2. The molecule has 10 heteroatoms. The molecule has 4 aromatic rings. The summed E-state index contributed by atoms with van der Waals surface area (Å²) in [4.78, 5) is 12.9. The first kappa shape index (κ1) is 19.0. The molecule has 2 aromatic heterocycles. The Morgan fingerprint density at radius 3 is 2.69 bits per heavy atom. The van der Waals surface area contributed by atoms with E-state index >= 15 is 0 Å². The molecule has 4 rings (SSSR count). The van der Waals surface area contributed by atoms with E-state index in [1.165, 1.54) is 6.33 Å². The first-order chi connectivity index (χ1) is 14.2. The van der Waals surface area contributed by atoms with Gasteiger partial charge in [-0.2, -0.15) is 10.1 Å². The summed E-state index contributed by atoms with van der Waals surface area (Å²) >= 11 is 0. The molecule has 2 aromatic carbocycles. The second-order valence-electron chi connectivity index (χ2n) is 6.45. The SMILES string of the molecule is COCc1cccc2c(-c3ncnc(NCc4ccc(B(O)O)cc4)n3)[nH]nc12. The first-order valence-corrected chi connectivity index (χ1v) is 8.99. The number of methoxy groups -OCH3 is 1. The highest BCUT2D eigenvalue weighted by atomic mass is 16.5. The molecule has 0 bridgehead atoms. The van der Waals surface area contributed by atoms with Gasteiger partial charge in [-0.3, -0.25) is 5.10 Å². The monoisotopic (exact) mass is 390 g/mol. The predicted molar refractivity (Wildman–Crippen MR) is 109 cm³/mol. The van der Waals surface area contributed by atoms with E-state index in [0.717, 1.165) is 22.0 Å². The number of H-pyrrole nitrogens is 1. The third kappa shape index (κ3) is 4.09. The predicted octanol–water partition coefficient (Wildman–Crippen LogP) is 0.853. The minimum atomic E-state index is -1.48. The van der Waals surface area contributed by atoms with Crippen LogP contribution in [0.5, 0.6) is 0 Å². The van der Waals surface area contributed by atoms with Gasteiger partial charge in [0, 0.05) is 24.6 Å². The van der Waals surface area contributed by atoms with Crippen LogP contribution >= 0.6 is 0 Å². The largest absolute Gasteiger partial charge is 0.488 e. The van der Waals surface area contributed by atoms with E-state index in [1.807, 2.05) is 30.3 Å². The number of hydrogen-bond donors (Lipinski definition) is 4. The van der Waals surface area contributed by atoms with Crippen molar-refractivity contribution in [1.82, 2.24) is 25.1 Å². The number of hydrogen-bond acceptors (Lipinski definition) is 8. The number of nitrogens with one attached hydrogen (secondary N) is 2. The van der Waals surface area contributed by atoms with Gasteiger partial charge in [0.2, 0.25) is 5.95 Å². The lowest BCUT2D eigenvalue weighted by Crippen LogP contribution is -2.29. The lowest BCUT2D eigenvalue weighted by atomic mass is 9.80. The van der Waals surface area contributed by atoms with Gasteiger partial charge in [-0.05, 0) is 11.0 Å². The topological polar surface area (TPSA) is 129 Å². The van der Waals surface area contributed by atoms with Gasteiger partial charge in [0.05, 0.1) is 12.1 Å². The molecule has 0 unspecified atom stereocenters. The standard InChI is InChI=1S/C19H19BN6O3/c1-29-10-13-3-2-4-15-16(13)25-26-17(15)18-22-11-23-19(24-18)21-9-12-5-7-14(8-6-12)20(27)28/h2-8,11,27-28H,9-10H2,1H3,(H,25,26)(H,21,22,23,24). The van der Waals surface area contributed by atoms with Crippen molar-refractivity contribution < 1.29 is 14.8 Å². The zero-order valence-electron chi connectivity index (χ0n) is 15.7. The van der Waals surface area contributed by atoms with Gasteiger partial charge in [-0.1, -0.05) is 42.5 Å². The molecule has 0 saturated carbocycles. The molecule has 0 aliphatic carbocycles. The lowest BCUT2D eigenvalue weighted by Gasteiger charge is -2.07. The molecule has 0 saturated heterocycles. The molecule has 0 aliphatic rings. The quantitative estimate of drug-likeness (QED) is 0.342. The maximum Gasteiger partial charge on any atom is 0.488 e. The Bertz CT molecular complexity index is 1120. The molecular formula is C19H19BN6O3. The summed E-state index contributed by atoms with van der Waals surface area (Å²) in [6, 6.07) is 12.8. The minimum Gasteiger partial charge on any atom is -0.423 e. The van der Waals surface area contributed by atoms with Crippen molar-refractivity contribution in [2.45, 2.75) is 13.2 Å². The van der Waals surface area contributed by atoms with Gasteiger partial charge < -0.3 is 20.1 Å². The van der Waals surface area contributed by atoms with Gasteiger partial charge in [0.25, 0.3) is 0 Å². The van der Waals surface area contributed by atoms with Crippen LogP contribution in [0.15, 0.2) is 48.8 Å². The fourth-order valence-corrected chi connectivity index (χ4v) is 3.03. The van der Waals surface area contributed by atoms with Crippen LogP contribution in [0.3, 0.4) is 0 Å². The molecule has 0 spiro atoms. The van der Waals surface area contributed by atoms with Crippen LogP contribution in [0, 0.1) is 0 Å². The highest BCUT2D eigenvalue weighted by molar-refractivity contribution is 6.58. The van der Waals surface area contributed by atoms with Crippen molar-refractivity contribution >= 4 is 29.4 Å². The third-order valence-electron chi connectivity index (χ3n) is 4.49. The number of ether oxygens (including phenoxy) is 1. The fraction of sp³-hybridized carbons (Fsp3) is 0.158. The van der Waals surface area contributed by atoms with Crippen molar-refractivity contribution in [2.24, 2.45) is 0 Å². The molecule has 4 N–H and O–H groups in total. The summed E-state index contributed by atoms with van der Waals surface area (Å²) in [7, 11) is 0.173. The molecule has 2 heterocycles. The van der Waals surface area contributed by atoms with Gasteiger partial charge >= 0.3 is 7.12 Å². The van der Waals surface area contributed by atoms with Crippen LogP contribution < -0.4 is 10.8 Å². The molecule has 0 atom stereocenters. The maximum absolute atomic E-state index is 9.16. The fourth-order valence-electron chi connectivity index (χ4n) is 3.03. The van der Waals surface area contributed by atoms with Gasteiger partial charge in [-0.15, -0.1) is 0 Å². The Morgan fingerprint density at radius 1 is 1.10 bits per heavy atom. The van der Waals surface area contributed by atoms with Crippen LogP contribution in [0.1, 0.15) is 11.1 Å². The average molecular weight is 390 g/mol. The molecule has 0 amide bonds. The van der Waals surface area contributed by atoms with E-state index in [-0.39, 0.29) is 0 Å². The number of aromatic nitrogens is 5. The second-order valence-corrected chi connectivity index (χ2v) is 6.45. The van der Waals surface area contributed by atoms with Crippen LogP contribution in [0.2, 0.25) is 0 Å². The normalized spacial score (nSPS) is 11.0. The molecule has 146 valence electrons. The highest BCUT2D eigenvalue weighted by Gasteiger charge is 2.14. The summed E-state index contributed by atoms with van der Waals surface area (Å²) in [6.45, 7) is 0.949. The van der Waals surface area contributed by atoms with E-state index < -0.39 is 7.12 Å². The number of rotatable bonds is 7. The van der Waals surface area contributed by atoms with Crippen molar-refractivity contribution in [1.29, 1.82) is 0 Å². The summed E-state index contributed by atoms with van der Waals surface area (Å²) in [5.74, 6) is 0.912. The number of fused-ring (bicyclic) bond motifs is 1. The number of nitrogens with zero attached hydrogens (tertiary/aromatic N) is 4. The smallest absolute Gasteiger partial charge is 0.423 e. The Balaban J connectivity index is 1.55. The van der Waals surface area contributed by atoms with Gasteiger partial charge in [0.1, 0.15) is 12.0 Å². The maximum atomic E-state index is 9.16. The van der Waals surface area contributed by atoms with Gasteiger partial charge in [-0.25, -0.2) is 9.97 Å². The summed E-state index contributed by atoms with van der Waals surface area (Å²) in [5, 5.41) is 29.8. The van der Waals surface area contributed by atoms with Gasteiger partial charge in [0.15, 0.2) is 5.82 Å².